The maximum atomic E-state index is 4.36. The molecule has 4 nitrogen and oxygen atoms in total. The summed E-state index contributed by atoms with van der Waals surface area (Å²) in [5.74, 6) is 0. The molecule has 0 fully saturated rings. The lowest BCUT2D eigenvalue weighted by Crippen LogP contribution is -2.29. The van der Waals surface area contributed by atoms with Crippen molar-refractivity contribution >= 4 is 12.4 Å². The lowest BCUT2D eigenvalue weighted by atomic mass is 10.3. The van der Waals surface area contributed by atoms with Crippen LogP contribution in [-0.4, -0.2) is 11.2 Å². The number of hydrazine groups is 1. The van der Waals surface area contributed by atoms with Crippen LogP contribution in [0.2, 0.25) is 0 Å². The molecule has 1 aromatic rings. The van der Waals surface area contributed by atoms with Gasteiger partial charge in [-0.1, -0.05) is 18.2 Å². The number of benzene rings is 1. The van der Waals surface area contributed by atoms with Gasteiger partial charge < -0.3 is 0 Å². The fraction of sp³-hybridized carbons (Fsp3) is 0. The highest BCUT2D eigenvalue weighted by atomic mass is 15.7. The monoisotopic (exact) mass is 184 g/mol. The van der Waals surface area contributed by atoms with Gasteiger partial charge in [-0.2, -0.15) is 5.10 Å². The summed E-state index contributed by atoms with van der Waals surface area (Å²) in [7, 11) is 0. The van der Waals surface area contributed by atoms with Gasteiger partial charge in [-0.25, -0.2) is 10.5 Å². The SMILES string of the molecule is C1=NNN2C=c3ccccc3=NC=C12. The minimum absolute atomic E-state index is 0.946. The molecule has 14 heavy (non-hydrogen) atoms. The number of hydrogen-bond donors (Lipinski definition) is 1. The van der Waals surface area contributed by atoms with Crippen LogP contribution in [0.25, 0.3) is 6.20 Å². The number of rotatable bonds is 0. The van der Waals surface area contributed by atoms with Crippen LogP contribution in [0.4, 0.5) is 0 Å². The second-order valence-electron chi connectivity index (χ2n) is 3.10. The number of nitrogens with zero attached hydrogens (tertiary/aromatic N) is 3. The largest absolute Gasteiger partial charge is 0.254 e. The number of fused-ring (bicyclic) bond motifs is 2. The maximum Gasteiger partial charge on any atom is 0.102 e. The third kappa shape index (κ3) is 1.01. The molecule has 68 valence electrons. The summed E-state index contributed by atoms with van der Waals surface area (Å²) in [6, 6.07) is 7.98. The van der Waals surface area contributed by atoms with Crippen LogP contribution in [-0.2, 0) is 0 Å². The van der Waals surface area contributed by atoms with Crippen LogP contribution in [0, 0.1) is 0 Å². The summed E-state index contributed by atoms with van der Waals surface area (Å²) in [6.45, 7) is 0. The number of hydrazone groups is 1. The van der Waals surface area contributed by atoms with Crippen LogP contribution in [0.1, 0.15) is 0 Å². The molecule has 2 heterocycles. The first kappa shape index (κ1) is 7.32. The molecule has 0 unspecified atom stereocenters. The van der Waals surface area contributed by atoms with Crippen molar-refractivity contribution in [2.45, 2.75) is 0 Å². The van der Waals surface area contributed by atoms with Crippen molar-refractivity contribution in [3.05, 3.63) is 46.7 Å². The maximum absolute atomic E-state index is 4.36. The highest BCUT2D eigenvalue weighted by molar-refractivity contribution is 5.80. The molecule has 0 radical (unpaired) electrons. The molecule has 3 rings (SSSR count). The van der Waals surface area contributed by atoms with E-state index in [1.807, 2.05) is 35.5 Å². The number of nitrogens with one attached hydrogen (secondary N) is 1. The Labute approximate surface area is 80.5 Å². The van der Waals surface area contributed by atoms with E-state index in [1.54, 1.807) is 12.4 Å². The normalized spacial score (nSPS) is 16.9. The van der Waals surface area contributed by atoms with Gasteiger partial charge in [0.2, 0.25) is 0 Å². The highest BCUT2D eigenvalue weighted by Crippen LogP contribution is 2.05. The van der Waals surface area contributed by atoms with E-state index in [0.29, 0.717) is 0 Å². The van der Waals surface area contributed by atoms with Crippen molar-refractivity contribution in [3.8, 4) is 0 Å². The number of allylic oxidation sites excluding steroid dienone is 1. The third-order valence-electron chi connectivity index (χ3n) is 2.18. The Morgan fingerprint density at radius 2 is 2.14 bits per heavy atom. The number of para-hydroxylation sites is 1. The van der Waals surface area contributed by atoms with Crippen molar-refractivity contribution in [1.29, 1.82) is 0 Å². The van der Waals surface area contributed by atoms with Gasteiger partial charge in [-0.3, -0.25) is 4.99 Å². The van der Waals surface area contributed by atoms with Gasteiger partial charge >= 0.3 is 0 Å². The minimum Gasteiger partial charge on any atom is -0.254 e. The molecule has 1 N–H and O–H groups in total. The van der Waals surface area contributed by atoms with Gasteiger partial charge in [0.1, 0.15) is 5.70 Å². The summed E-state index contributed by atoms with van der Waals surface area (Å²) in [5.41, 5.74) is 3.80. The van der Waals surface area contributed by atoms with E-state index < -0.39 is 0 Å². The second kappa shape index (κ2) is 2.70. The Kier molecular flexibility index (Phi) is 1.41. The molecule has 0 aromatic heterocycles. The lowest BCUT2D eigenvalue weighted by Gasteiger charge is -2.10. The summed E-state index contributed by atoms with van der Waals surface area (Å²) in [6.07, 6.45) is 5.52. The van der Waals surface area contributed by atoms with E-state index in [2.05, 4.69) is 15.6 Å². The van der Waals surface area contributed by atoms with E-state index in [-0.39, 0.29) is 0 Å². The molecule has 0 bridgehead atoms. The molecule has 2 aliphatic rings. The van der Waals surface area contributed by atoms with Gasteiger partial charge in [-0.05, 0) is 6.07 Å². The van der Waals surface area contributed by atoms with Crippen LogP contribution in [0.3, 0.4) is 0 Å². The van der Waals surface area contributed by atoms with Crippen molar-refractivity contribution < 1.29 is 0 Å². The molecular formula is C10H8N4. The Morgan fingerprint density at radius 1 is 1.21 bits per heavy atom. The second-order valence-corrected chi connectivity index (χ2v) is 3.10. The summed E-state index contributed by atoms with van der Waals surface area (Å²) in [5, 5.41) is 7.83. The van der Waals surface area contributed by atoms with Crippen molar-refractivity contribution in [2.24, 2.45) is 10.1 Å². The molecule has 0 spiro atoms. The van der Waals surface area contributed by atoms with Gasteiger partial charge in [0.05, 0.1) is 17.8 Å². The Hall–Kier alpha value is -2.10. The predicted octanol–water partition coefficient (Wildman–Crippen LogP) is -0.295. The smallest absolute Gasteiger partial charge is 0.102 e. The molecule has 0 amide bonds. The average Bonchev–Trinajstić information content (AvgIpc) is 2.58. The first-order valence-electron chi connectivity index (χ1n) is 4.36. The quantitative estimate of drug-likeness (QED) is 0.601. The van der Waals surface area contributed by atoms with E-state index in [0.717, 1.165) is 16.3 Å². The lowest BCUT2D eigenvalue weighted by molar-refractivity contribution is 0.423. The topological polar surface area (TPSA) is 40.0 Å². The van der Waals surface area contributed by atoms with Crippen LogP contribution >= 0.6 is 0 Å². The molecule has 0 aliphatic carbocycles. The third-order valence-corrected chi connectivity index (χ3v) is 2.18. The van der Waals surface area contributed by atoms with Gasteiger partial charge in [-0.15, -0.1) is 0 Å². The fourth-order valence-corrected chi connectivity index (χ4v) is 1.47. The van der Waals surface area contributed by atoms with Crippen LogP contribution < -0.4 is 16.1 Å². The Bertz CT molecular complexity index is 541. The van der Waals surface area contributed by atoms with E-state index in [1.165, 1.54) is 0 Å². The molecule has 0 atom stereocenters. The zero-order valence-electron chi connectivity index (χ0n) is 7.38. The molecule has 4 heteroatoms. The molecule has 2 aliphatic heterocycles. The Balaban J connectivity index is 2.29. The Morgan fingerprint density at radius 3 is 3.14 bits per heavy atom. The van der Waals surface area contributed by atoms with E-state index in [9.17, 15) is 0 Å². The van der Waals surface area contributed by atoms with Crippen LogP contribution in [0.5, 0.6) is 0 Å². The predicted molar refractivity (Wildman–Crippen MR) is 53.2 cm³/mol. The summed E-state index contributed by atoms with van der Waals surface area (Å²) in [4.78, 5) is 4.36. The first-order valence-corrected chi connectivity index (χ1v) is 4.36. The fourth-order valence-electron chi connectivity index (χ4n) is 1.47. The molecule has 1 aromatic carbocycles. The minimum atomic E-state index is 0.946. The average molecular weight is 184 g/mol. The highest BCUT2D eigenvalue weighted by Gasteiger charge is 2.10. The molecular weight excluding hydrogens is 176 g/mol. The summed E-state index contributed by atoms with van der Waals surface area (Å²) >= 11 is 0. The standard InChI is InChI=1S/C10H8N4/c1-2-4-10-8(3-1)7-14-9(5-11-10)6-12-13-14/h1-7,13H. The summed E-state index contributed by atoms with van der Waals surface area (Å²) < 4.78 is 0. The zero-order chi connectivity index (χ0) is 9.38. The van der Waals surface area contributed by atoms with Crippen molar-refractivity contribution in [3.63, 3.8) is 0 Å². The van der Waals surface area contributed by atoms with E-state index >= 15 is 0 Å². The van der Waals surface area contributed by atoms with Gasteiger partial charge in [0, 0.05) is 11.4 Å². The van der Waals surface area contributed by atoms with Crippen molar-refractivity contribution in [1.82, 2.24) is 10.5 Å². The van der Waals surface area contributed by atoms with Crippen LogP contribution in [0.15, 0.2) is 46.3 Å². The molecule has 0 saturated carbocycles. The van der Waals surface area contributed by atoms with Crippen molar-refractivity contribution in [2.75, 3.05) is 0 Å². The first-order chi connectivity index (χ1) is 6.93. The zero-order valence-corrected chi connectivity index (χ0v) is 7.38. The van der Waals surface area contributed by atoms with E-state index in [4.69, 9.17) is 0 Å². The number of hydrogen-bond acceptors (Lipinski definition) is 4. The van der Waals surface area contributed by atoms with Gasteiger partial charge in [0.15, 0.2) is 0 Å². The molecule has 0 saturated heterocycles. The van der Waals surface area contributed by atoms with Gasteiger partial charge in [0.25, 0.3) is 0 Å².